The highest BCUT2D eigenvalue weighted by Crippen LogP contribution is 2.11. The molecule has 66 heavy (non-hydrogen) atoms. The van der Waals surface area contributed by atoms with Gasteiger partial charge in [0.2, 0.25) is 53.2 Å². The van der Waals surface area contributed by atoms with Crippen LogP contribution in [0.2, 0.25) is 0 Å². The lowest BCUT2D eigenvalue weighted by molar-refractivity contribution is -0.136. The first-order valence-corrected chi connectivity index (χ1v) is 21.9. The van der Waals surface area contributed by atoms with E-state index in [1.54, 1.807) is 44.2 Å². The van der Waals surface area contributed by atoms with Crippen molar-refractivity contribution in [3.63, 3.8) is 0 Å². The highest BCUT2D eigenvalue weighted by atomic mass is 16.3. The van der Waals surface area contributed by atoms with Gasteiger partial charge in [-0.25, -0.2) is 0 Å². The van der Waals surface area contributed by atoms with Gasteiger partial charge in [0.15, 0.2) is 0 Å². The van der Waals surface area contributed by atoms with Gasteiger partial charge in [0.25, 0.3) is 0 Å². The topological polar surface area (TPSA) is 432 Å². The quantitative estimate of drug-likeness (QED) is 0.0690. The molecule has 25 nitrogen and oxygen atoms in total. The molecule has 0 aliphatic carbocycles. The van der Waals surface area contributed by atoms with Crippen molar-refractivity contribution in [2.75, 3.05) is 39.3 Å². The Kier molecular flexibility index (Phi) is 24.7. The molecule has 1 aromatic carbocycles. The normalized spacial score (nSPS) is 24.8. The molecule has 1 saturated heterocycles. The third kappa shape index (κ3) is 18.6. The van der Waals surface area contributed by atoms with E-state index in [4.69, 9.17) is 28.7 Å². The van der Waals surface area contributed by atoms with Gasteiger partial charge in [-0.1, -0.05) is 44.2 Å². The molecule has 0 unspecified atom stereocenters. The van der Waals surface area contributed by atoms with E-state index in [-0.39, 0.29) is 57.7 Å². The van der Waals surface area contributed by atoms with E-state index < -0.39 is 140 Å². The van der Waals surface area contributed by atoms with Gasteiger partial charge in [0, 0.05) is 19.5 Å². The lowest BCUT2D eigenvalue weighted by atomic mass is 10.00. The van der Waals surface area contributed by atoms with Crippen LogP contribution in [0.1, 0.15) is 58.4 Å². The van der Waals surface area contributed by atoms with Crippen LogP contribution in [0.25, 0.3) is 0 Å². The maximum Gasteiger partial charge on any atom is 0.245 e. The van der Waals surface area contributed by atoms with E-state index in [2.05, 4.69) is 47.9 Å². The van der Waals surface area contributed by atoms with E-state index >= 15 is 0 Å². The maximum atomic E-state index is 14.2. The Morgan fingerprint density at radius 2 is 1.14 bits per heavy atom. The predicted octanol–water partition coefficient (Wildman–Crippen LogP) is -7.62. The second kappa shape index (κ2) is 28.9. The first-order chi connectivity index (χ1) is 31.3. The minimum absolute atomic E-state index is 0.0729. The maximum absolute atomic E-state index is 14.2. The molecular formula is C41H70N14O11. The Morgan fingerprint density at radius 1 is 0.667 bits per heavy atom. The van der Waals surface area contributed by atoms with Gasteiger partial charge in [-0.3, -0.25) is 43.2 Å². The van der Waals surface area contributed by atoms with Gasteiger partial charge in [0.1, 0.15) is 54.4 Å². The number of hydrogen-bond donors (Lipinski definition) is 16. The summed E-state index contributed by atoms with van der Waals surface area (Å²) in [6, 6.07) is -4.24. The number of aliphatic hydroxyl groups is 2. The summed E-state index contributed by atoms with van der Waals surface area (Å²) in [5.74, 6) is -8.26. The lowest BCUT2D eigenvalue weighted by Gasteiger charge is -2.28. The number of amides is 9. The SMILES string of the molecule is CC(C)C[C@@H]1NC(=O)[C@@H](Cc2ccccc2)NC(=O)[C@H](CCN)NC(=O)[C@@H](NC(=O)[C@H](CN)NC(=O)[C@@H](N)CO)CCNC(=O)[C@H]([C@@H](C)O)NC(=O)[C@H](CCN)NC(=O)[C@H](CCN)NC1=O. The minimum atomic E-state index is -1.63. The van der Waals surface area contributed by atoms with Crippen LogP contribution < -0.4 is 76.5 Å². The summed E-state index contributed by atoms with van der Waals surface area (Å²) in [4.78, 5) is 123. The molecule has 9 amide bonds. The average Bonchev–Trinajstić information content (AvgIpc) is 3.27. The van der Waals surface area contributed by atoms with Crippen molar-refractivity contribution in [1.82, 2.24) is 47.9 Å². The molecule has 1 fully saturated rings. The van der Waals surface area contributed by atoms with Crippen LogP contribution >= 0.6 is 0 Å². The molecule has 21 N–H and O–H groups in total. The molecule has 0 radical (unpaired) electrons. The molecule has 370 valence electrons. The molecule has 0 aromatic heterocycles. The van der Waals surface area contributed by atoms with E-state index in [9.17, 15) is 53.4 Å². The second-order valence-corrected chi connectivity index (χ2v) is 16.3. The van der Waals surface area contributed by atoms with Crippen molar-refractivity contribution >= 4 is 53.2 Å². The minimum Gasteiger partial charge on any atom is -0.394 e. The number of nitrogens with one attached hydrogen (secondary N) is 9. The van der Waals surface area contributed by atoms with Gasteiger partial charge < -0.3 is 86.7 Å². The number of carbonyl (C=O) groups is 9. The Hall–Kier alpha value is -5.83. The van der Waals surface area contributed by atoms with Crippen LogP contribution in [0.5, 0.6) is 0 Å². The van der Waals surface area contributed by atoms with Crippen molar-refractivity contribution in [3.05, 3.63) is 35.9 Å². The van der Waals surface area contributed by atoms with Gasteiger partial charge >= 0.3 is 0 Å². The van der Waals surface area contributed by atoms with Crippen molar-refractivity contribution in [3.8, 4) is 0 Å². The zero-order valence-corrected chi connectivity index (χ0v) is 37.7. The Balaban J connectivity index is 2.72. The number of rotatable bonds is 17. The first kappa shape index (κ1) is 56.3. The van der Waals surface area contributed by atoms with Crippen LogP contribution in [0, 0.1) is 5.92 Å². The van der Waals surface area contributed by atoms with E-state index in [0.29, 0.717) is 5.56 Å². The molecular weight excluding hydrogens is 865 g/mol. The second-order valence-electron chi connectivity index (χ2n) is 16.3. The third-order valence-corrected chi connectivity index (χ3v) is 10.4. The van der Waals surface area contributed by atoms with Crippen LogP contribution in [0.4, 0.5) is 0 Å². The molecule has 1 heterocycles. The number of carbonyl (C=O) groups excluding carboxylic acids is 9. The summed E-state index contributed by atoms with van der Waals surface area (Å²) in [7, 11) is 0. The fourth-order valence-corrected chi connectivity index (χ4v) is 6.67. The highest BCUT2D eigenvalue weighted by Gasteiger charge is 2.36. The Labute approximate surface area is 383 Å². The largest absolute Gasteiger partial charge is 0.394 e. The van der Waals surface area contributed by atoms with Gasteiger partial charge in [-0.2, -0.15) is 0 Å². The molecule has 1 aliphatic heterocycles. The zero-order chi connectivity index (χ0) is 49.5. The summed E-state index contributed by atoms with van der Waals surface area (Å²) < 4.78 is 0. The van der Waals surface area contributed by atoms with Gasteiger partial charge in [0.05, 0.1) is 12.7 Å². The first-order valence-electron chi connectivity index (χ1n) is 21.9. The molecule has 0 saturated carbocycles. The van der Waals surface area contributed by atoms with Crippen LogP contribution in [0.15, 0.2) is 30.3 Å². The summed E-state index contributed by atoms with van der Waals surface area (Å²) in [5, 5.41) is 42.5. The monoisotopic (exact) mass is 935 g/mol. The smallest absolute Gasteiger partial charge is 0.245 e. The number of aliphatic hydroxyl groups excluding tert-OH is 2. The molecule has 0 bridgehead atoms. The average molecular weight is 935 g/mol. The van der Waals surface area contributed by atoms with E-state index in [1.165, 1.54) is 6.92 Å². The van der Waals surface area contributed by atoms with E-state index in [0.717, 1.165) is 0 Å². The fraction of sp³-hybridized carbons (Fsp3) is 0.634. The Morgan fingerprint density at radius 3 is 1.62 bits per heavy atom. The number of benzene rings is 1. The third-order valence-electron chi connectivity index (χ3n) is 10.4. The number of nitrogens with two attached hydrogens (primary N) is 5. The van der Waals surface area contributed by atoms with E-state index in [1.807, 2.05) is 0 Å². The molecule has 2 rings (SSSR count). The van der Waals surface area contributed by atoms with Crippen molar-refractivity contribution in [1.29, 1.82) is 0 Å². The van der Waals surface area contributed by atoms with Crippen molar-refractivity contribution in [2.24, 2.45) is 34.6 Å². The van der Waals surface area contributed by atoms with Gasteiger partial charge in [-0.05, 0) is 70.1 Å². The summed E-state index contributed by atoms with van der Waals surface area (Å²) in [6.45, 7) is 2.79. The fourth-order valence-electron chi connectivity index (χ4n) is 6.67. The highest BCUT2D eigenvalue weighted by molar-refractivity contribution is 5.98. The van der Waals surface area contributed by atoms with Crippen LogP contribution in [0.3, 0.4) is 0 Å². The lowest BCUT2D eigenvalue weighted by Crippen LogP contribution is -2.61. The summed E-state index contributed by atoms with van der Waals surface area (Å²) >= 11 is 0. The zero-order valence-electron chi connectivity index (χ0n) is 37.7. The molecule has 1 aliphatic rings. The molecule has 25 heteroatoms. The van der Waals surface area contributed by atoms with Crippen LogP contribution in [-0.2, 0) is 49.6 Å². The van der Waals surface area contributed by atoms with Crippen molar-refractivity contribution in [2.45, 2.75) is 120 Å². The summed E-state index contributed by atoms with van der Waals surface area (Å²) in [5.41, 5.74) is 29.4. The molecule has 1 aromatic rings. The van der Waals surface area contributed by atoms with Gasteiger partial charge in [-0.15, -0.1) is 0 Å². The molecule has 0 spiro atoms. The standard InChI is InChI=1S/C41H70N14O11/c1-21(2)17-29-38(63)50-25(9-13-42)34(59)49-27(11-15-44)37(62)55-32(22(3)57)41(66)47-16-12-28(51-40(65)31(19-45)54-33(58)24(46)20-56)36(61)48-26(10-14-43)35(60)53-30(39(64)52-29)18-23-7-5-4-6-8-23/h4-8,21-22,24-32,56-57H,9-20,42-46H2,1-3H3,(H,47,66)(H,48,61)(H,49,59)(H,50,63)(H,51,65)(H,52,64)(H,53,60)(H,54,58)(H,55,62)/t22-,24+,25+,26+,27+,28+,29+,30-,31+,32+/m1/s1. The van der Waals surface area contributed by atoms with Crippen molar-refractivity contribution < 1.29 is 53.4 Å². The Bertz CT molecular complexity index is 1790. The number of hydrogen-bond acceptors (Lipinski definition) is 16. The summed E-state index contributed by atoms with van der Waals surface area (Å²) in [6.07, 6.45) is -2.35. The predicted molar refractivity (Wildman–Crippen MR) is 239 cm³/mol. The van der Waals surface area contributed by atoms with Crippen LogP contribution in [-0.4, -0.2) is 163 Å². The molecule has 10 atom stereocenters.